The van der Waals surface area contributed by atoms with Crippen molar-refractivity contribution in [2.75, 3.05) is 0 Å². The molecule has 2 heteroatoms. The Morgan fingerprint density at radius 3 is 2.62 bits per heavy atom. The van der Waals surface area contributed by atoms with Crippen LogP contribution >= 0.6 is 0 Å². The van der Waals surface area contributed by atoms with Gasteiger partial charge in [-0.2, -0.15) is 0 Å². The second-order valence-corrected chi connectivity index (χ2v) is 3.08. The van der Waals surface area contributed by atoms with Crippen molar-refractivity contribution in [3.8, 4) is 0 Å². The highest BCUT2D eigenvalue weighted by Gasteiger charge is 1.98. The lowest BCUT2D eigenvalue weighted by molar-refractivity contribution is -0.132. The minimum Gasteiger partial charge on any atom is -0.478 e. The van der Waals surface area contributed by atoms with Gasteiger partial charge in [0, 0.05) is 5.57 Å². The Morgan fingerprint density at radius 1 is 1.38 bits per heavy atom. The number of carboxylic acid groups (broad SMARTS) is 1. The fraction of sp³-hybridized carbons (Fsp3) is 0.545. The van der Waals surface area contributed by atoms with Crippen molar-refractivity contribution in [3.63, 3.8) is 0 Å². The van der Waals surface area contributed by atoms with Crippen LogP contribution in [0, 0.1) is 0 Å². The molecule has 74 valence electrons. The fourth-order valence-electron chi connectivity index (χ4n) is 0.943. The molecule has 0 aromatic rings. The van der Waals surface area contributed by atoms with Gasteiger partial charge in [0.2, 0.25) is 0 Å². The van der Waals surface area contributed by atoms with Gasteiger partial charge in [-0.05, 0) is 19.3 Å². The Hall–Kier alpha value is -1.05. The zero-order valence-corrected chi connectivity index (χ0v) is 8.25. The molecule has 2 nitrogen and oxygen atoms in total. The average Bonchev–Trinajstić information content (AvgIpc) is 2.10. The maximum absolute atomic E-state index is 10.3. The smallest absolute Gasteiger partial charge is 0.331 e. The minimum atomic E-state index is -0.904. The van der Waals surface area contributed by atoms with Crippen molar-refractivity contribution in [2.24, 2.45) is 0 Å². The van der Waals surface area contributed by atoms with E-state index in [4.69, 9.17) is 5.11 Å². The Kier molecular flexibility index (Phi) is 6.98. The molecule has 0 saturated heterocycles. The number of aliphatic carboxylic acids is 1. The monoisotopic (exact) mass is 182 g/mol. The average molecular weight is 182 g/mol. The number of rotatable bonds is 7. The highest BCUT2D eigenvalue weighted by molar-refractivity contribution is 5.85. The summed E-state index contributed by atoms with van der Waals surface area (Å²) in [6.07, 6.45) is 9.06. The summed E-state index contributed by atoms with van der Waals surface area (Å²) in [6.45, 7) is 5.60. The molecule has 0 amide bonds. The van der Waals surface area contributed by atoms with Gasteiger partial charge in [0.1, 0.15) is 0 Å². The van der Waals surface area contributed by atoms with Gasteiger partial charge in [-0.1, -0.05) is 38.5 Å². The maximum Gasteiger partial charge on any atom is 0.331 e. The number of allylic oxidation sites excluding steroid dienone is 2. The quantitative estimate of drug-likeness (QED) is 0.373. The van der Waals surface area contributed by atoms with Crippen LogP contribution in [0.4, 0.5) is 0 Å². The van der Waals surface area contributed by atoms with Gasteiger partial charge in [0.05, 0.1) is 0 Å². The summed E-state index contributed by atoms with van der Waals surface area (Å²) in [6, 6.07) is 0. The molecule has 0 spiro atoms. The molecule has 13 heavy (non-hydrogen) atoms. The summed E-state index contributed by atoms with van der Waals surface area (Å²) in [5.41, 5.74) is 0.256. The predicted molar refractivity (Wildman–Crippen MR) is 54.7 cm³/mol. The van der Waals surface area contributed by atoms with E-state index in [-0.39, 0.29) is 5.57 Å². The largest absolute Gasteiger partial charge is 0.478 e. The molecule has 0 aromatic carbocycles. The van der Waals surface area contributed by atoms with Gasteiger partial charge >= 0.3 is 5.97 Å². The van der Waals surface area contributed by atoms with Crippen LogP contribution in [0.3, 0.4) is 0 Å². The van der Waals surface area contributed by atoms with Gasteiger partial charge in [-0.25, -0.2) is 4.79 Å². The fourth-order valence-corrected chi connectivity index (χ4v) is 0.943. The molecule has 0 saturated carbocycles. The zero-order chi connectivity index (χ0) is 10.1. The minimum absolute atomic E-state index is 0.256. The van der Waals surface area contributed by atoms with E-state index in [0.29, 0.717) is 6.42 Å². The van der Waals surface area contributed by atoms with E-state index in [9.17, 15) is 4.79 Å². The molecule has 0 atom stereocenters. The summed E-state index contributed by atoms with van der Waals surface area (Å²) in [5.74, 6) is -0.904. The molecular weight excluding hydrogens is 164 g/mol. The normalized spacial score (nSPS) is 10.5. The lowest BCUT2D eigenvalue weighted by atomic mass is 10.1. The van der Waals surface area contributed by atoms with Gasteiger partial charge in [0.15, 0.2) is 0 Å². The molecule has 0 aliphatic carbocycles. The van der Waals surface area contributed by atoms with Crippen LogP contribution in [0.5, 0.6) is 0 Å². The standard InChI is InChI=1S/C11H18O2/c1-3-4-5-6-7-8-9-10(2)11(12)13/h7-8H,2-6,9H2,1H3,(H,12,13). The lowest BCUT2D eigenvalue weighted by Crippen LogP contribution is -1.96. The van der Waals surface area contributed by atoms with Gasteiger partial charge in [-0.15, -0.1) is 0 Å². The van der Waals surface area contributed by atoms with Crippen molar-refractivity contribution in [3.05, 3.63) is 24.3 Å². The second kappa shape index (κ2) is 7.59. The first-order valence-electron chi connectivity index (χ1n) is 4.74. The SMILES string of the molecule is C=C(CC=CCCCCC)C(=O)O. The third-order valence-corrected chi connectivity index (χ3v) is 1.81. The van der Waals surface area contributed by atoms with E-state index in [1.807, 2.05) is 12.2 Å². The Balaban J connectivity index is 3.41. The summed E-state index contributed by atoms with van der Waals surface area (Å²) in [7, 11) is 0. The van der Waals surface area contributed by atoms with Crippen LogP contribution in [0.15, 0.2) is 24.3 Å². The molecule has 0 rings (SSSR count). The van der Waals surface area contributed by atoms with Crippen molar-refractivity contribution in [2.45, 2.75) is 39.0 Å². The Morgan fingerprint density at radius 2 is 2.08 bits per heavy atom. The van der Waals surface area contributed by atoms with Gasteiger partial charge in [-0.3, -0.25) is 0 Å². The summed E-state index contributed by atoms with van der Waals surface area (Å²) in [5, 5.41) is 8.49. The summed E-state index contributed by atoms with van der Waals surface area (Å²) in [4.78, 5) is 10.3. The lowest BCUT2D eigenvalue weighted by Gasteiger charge is -1.93. The highest BCUT2D eigenvalue weighted by Crippen LogP contribution is 2.03. The number of hydrogen-bond donors (Lipinski definition) is 1. The summed E-state index contributed by atoms with van der Waals surface area (Å²) < 4.78 is 0. The van der Waals surface area contributed by atoms with Gasteiger partial charge in [0.25, 0.3) is 0 Å². The Bertz CT molecular complexity index is 192. The van der Waals surface area contributed by atoms with Gasteiger partial charge < -0.3 is 5.11 Å². The molecule has 1 N–H and O–H groups in total. The van der Waals surface area contributed by atoms with E-state index >= 15 is 0 Å². The number of carboxylic acids is 1. The van der Waals surface area contributed by atoms with E-state index in [0.717, 1.165) is 6.42 Å². The Labute approximate surface area is 80.0 Å². The van der Waals surface area contributed by atoms with Crippen LogP contribution in [0.25, 0.3) is 0 Å². The maximum atomic E-state index is 10.3. The first-order valence-corrected chi connectivity index (χ1v) is 4.74. The van der Waals surface area contributed by atoms with Crippen LogP contribution in [-0.4, -0.2) is 11.1 Å². The summed E-state index contributed by atoms with van der Waals surface area (Å²) >= 11 is 0. The van der Waals surface area contributed by atoms with Crippen molar-refractivity contribution in [1.82, 2.24) is 0 Å². The van der Waals surface area contributed by atoms with Crippen LogP contribution in [0.1, 0.15) is 39.0 Å². The van der Waals surface area contributed by atoms with Crippen LogP contribution < -0.4 is 0 Å². The number of unbranched alkanes of at least 4 members (excludes halogenated alkanes) is 3. The molecule has 0 fully saturated rings. The molecule has 0 unspecified atom stereocenters. The molecule has 0 aromatic heterocycles. The third kappa shape index (κ3) is 7.32. The van der Waals surface area contributed by atoms with Crippen molar-refractivity contribution < 1.29 is 9.90 Å². The highest BCUT2D eigenvalue weighted by atomic mass is 16.4. The van der Waals surface area contributed by atoms with Crippen LogP contribution in [0.2, 0.25) is 0 Å². The van der Waals surface area contributed by atoms with Crippen molar-refractivity contribution in [1.29, 1.82) is 0 Å². The third-order valence-electron chi connectivity index (χ3n) is 1.81. The zero-order valence-electron chi connectivity index (χ0n) is 8.25. The molecule has 0 radical (unpaired) electrons. The molecule has 0 heterocycles. The number of carbonyl (C=O) groups is 1. The topological polar surface area (TPSA) is 37.3 Å². The molecular formula is C11H18O2. The first-order chi connectivity index (χ1) is 6.18. The van der Waals surface area contributed by atoms with E-state index in [1.165, 1.54) is 19.3 Å². The second-order valence-electron chi connectivity index (χ2n) is 3.08. The first kappa shape index (κ1) is 11.9. The predicted octanol–water partition coefficient (Wildman–Crippen LogP) is 3.15. The molecule has 0 aliphatic heterocycles. The van der Waals surface area contributed by atoms with E-state index in [2.05, 4.69) is 13.5 Å². The molecule has 0 bridgehead atoms. The van der Waals surface area contributed by atoms with E-state index < -0.39 is 5.97 Å². The molecule has 0 aliphatic rings. The van der Waals surface area contributed by atoms with Crippen molar-refractivity contribution >= 4 is 5.97 Å². The number of hydrogen-bond acceptors (Lipinski definition) is 1. The van der Waals surface area contributed by atoms with E-state index in [1.54, 1.807) is 0 Å². The van der Waals surface area contributed by atoms with Crippen LogP contribution in [-0.2, 0) is 4.79 Å².